The Morgan fingerprint density at radius 1 is 1.35 bits per heavy atom. The number of carbonyl (C=O) groups excluding carboxylic acids is 1. The molecule has 1 N–H and O–H groups in total. The molecule has 1 heterocycles. The van der Waals surface area contributed by atoms with E-state index >= 15 is 0 Å². The highest BCUT2D eigenvalue weighted by Gasteiger charge is 2.31. The summed E-state index contributed by atoms with van der Waals surface area (Å²) in [6.07, 6.45) is -1.41. The maximum Gasteiger partial charge on any atom is 0.416 e. The quantitative estimate of drug-likeness (QED) is 0.754. The number of aryl methyl sites for hydroxylation is 1. The molecule has 0 aliphatic rings. The molecule has 23 heavy (non-hydrogen) atoms. The van der Waals surface area contributed by atoms with Gasteiger partial charge in [0, 0.05) is 0 Å². The van der Waals surface area contributed by atoms with E-state index in [0.29, 0.717) is 5.15 Å². The monoisotopic (exact) mass is 387 g/mol. The van der Waals surface area contributed by atoms with Crippen LogP contribution < -0.4 is 22.3 Å². The molecule has 10 heteroatoms. The predicted molar refractivity (Wildman–Crippen MR) is 75.7 cm³/mol. The Balaban J connectivity index is 0.00000264. The van der Waals surface area contributed by atoms with Crippen molar-refractivity contribution >= 4 is 34.8 Å². The maximum absolute atomic E-state index is 12.7. The predicted octanol–water partition coefficient (Wildman–Crippen LogP) is 0.281. The minimum atomic E-state index is -4.51. The zero-order valence-corrected chi connectivity index (χ0v) is 13.9. The summed E-state index contributed by atoms with van der Waals surface area (Å²) < 4.78 is 41.0. The molecular formula is C13H11Cl3F3N3O. The molecule has 4 nitrogen and oxygen atoms in total. The van der Waals surface area contributed by atoms with Gasteiger partial charge in [0.2, 0.25) is 11.5 Å². The van der Waals surface area contributed by atoms with Gasteiger partial charge in [0.25, 0.3) is 5.91 Å². The largest absolute Gasteiger partial charge is 1.00 e. The van der Waals surface area contributed by atoms with Gasteiger partial charge in [0.15, 0.2) is 6.54 Å². The highest BCUT2D eigenvalue weighted by atomic mass is 35.5. The molecule has 126 valence electrons. The number of hydrogen-bond donors (Lipinski definition) is 1. The highest BCUT2D eigenvalue weighted by Crippen LogP contribution is 2.33. The third-order valence-corrected chi connectivity index (χ3v) is 3.52. The lowest BCUT2D eigenvalue weighted by Crippen LogP contribution is -3.00. The molecule has 0 radical (unpaired) electrons. The van der Waals surface area contributed by atoms with Crippen LogP contribution in [0.4, 0.5) is 18.9 Å². The van der Waals surface area contributed by atoms with Crippen LogP contribution in [0.1, 0.15) is 5.56 Å². The van der Waals surface area contributed by atoms with Crippen molar-refractivity contribution in [2.45, 2.75) is 12.7 Å². The molecule has 2 aromatic rings. The number of benzene rings is 1. The molecule has 0 fully saturated rings. The molecule has 0 unspecified atom stereocenters. The number of aromatic nitrogens is 2. The number of carbonyl (C=O) groups is 1. The third-order valence-electron chi connectivity index (χ3n) is 2.82. The van der Waals surface area contributed by atoms with Gasteiger partial charge in [-0.1, -0.05) is 11.6 Å². The Bertz CT molecular complexity index is 697. The second-order valence-corrected chi connectivity index (χ2v) is 5.39. The van der Waals surface area contributed by atoms with E-state index in [1.165, 1.54) is 10.8 Å². The minimum absolute atomic E-state index is 0. The lowest BCUT2D eigenvalue weighted by molar-refractivity contribution is -0.683. The van der Waals surface area contributed by atoms with Gasteiger partial charge in [-0.25, -0.2) is 9.13 Å². The maximum atomic E-state index is 12.7. The highest BCUT2D eigenvalue weighted by molar-refractivity contribution is 6.33. The number of imidazole rings is 1. The molecule has 0 saturated carbocycles. The summed E-state index contributed by atoms with van der Waals surface area (Å²) in [7, 11) is 1.69. The number of nitrogens with one attached hydrogen (secondary N) is 1. The van der Waals surface area contributed by atoms with Gasteiger partial charge < -0.3 is 17.7 Å². The molecule has 0 bridgehead atoms. The van der Waals surface area contributed by atoms with E-state index in [1.807, 2.05) is 0 Å². The molecule has 0 aliphatic carbocycles. The van der Waals surface area contributed by atoms with E-state index in [2.05, 4.69) is 5.32 Å². The van der Waals surface area contributed by atoms with Crippen LogP contribution in [0, 0.1) is 0 Å². The Labute approximate surface area is 146 Å². The summed E-state index contributed by atoms with van der Waals surface area (Å²) in [6.45, 7) is -0.104. The van der Waals surface area contributed by atoms with E-state index in [0.717, 1.165) is 18.2 Å². The summed E-state index contributed by atoms with van der Waals surface area (Å²) in [5.74, 6) is -0.520. The summed E-state index contributed by atoms with van der Waals surface area (Å²) in [4.78, 5) is 11.9. The summed E-state index contributed by atoms with van der Waals surface area (Å²) in [5.41, 5.74) is -0.980. The summed E-state index contributed by atoms with van der Waals surface area (Å²) in [5, 5.41) is 2.80. The topological polar surface area (TPSA) is 37.9 Å². The van der Waals surface area contributed by atoms with Gasteiger partial charge >= 0.3 is 6.18 Å². The second kappa shape index (κ2) is 7.42. The standard InChI is InChI=1S/C13H10Cl2F3N3O.ClH/c1-20-7-21(5-11(20)15)6-12(22)19-10-4-8(13(16,17)18)2-3-9(10)14;/h2-5,7H,6H2,1H3;1H. The van der Waals surface area contributed by atoms with Gasteiger partial charge in [0.1, 0.15) is 6.20 Å². The number of nitrogens with zero attached hydrogens (tertiary/aromatic N) is 2. The number of rotatable bonds is 3. The average Bonchev–Trinajstić information content (AvgIpc) is 2.69. The smallest absolute Gasteiger partial charge is 0.416 e. The first kappa shape index (κ1) is 19.6. The average molecular weight is 389 g/mol. The fourth-order valence-electron chi connectivity index (χ4n) is 1.78. The van der Waals surface area contributed by atoms with Crippen molar-refractivity contribution in [1.29, 1.82) is 0 Å². The van der Waals surface area contributed by atoms with Gasteiger partial charge in [0.05, 0.1) is 23.3 Å². The van der Waals surface area contributed by atoms with Crippen molar-refractivity contribution in [2.24, 2.45) is 7.05 Å². The number of alkyl halides is 3. The van der Waals surface area contributed by atoms with Crippen LogP contribution in [0.3, 0.4) is 0 Å². The molecule has 1 aromatic carbocycles. The molecule has 0 saturated heterocycles. The van der Waals surface area contributed by atoms with Crippen molar-refractivity contribution < 1.29 is 34.9 Å². The first-order valence-electron chi connectivity index (χ1n) is 6.04. The van der Waals surface area contributed by atoms with Gasteiger partial charge in [-0.3, -0.25) is 4.79 Å². The number of halogens is 6. The van der Waals surface area contributed by atoms with Crippen LogP contribution in [0.2, 0.25) is 10.2 Å². The number of anilines is 1. The van der Waals surface area contributed by atoms with Crippen LogP contribution >= 0.6 is 23.2 Å². The van der Waals surface area contributed by atoms with Gasteiger partial charge in [-0.15, -0.1) is 0 Å². The molecule has 2 rings (SSSR count). The van der Waals surface area contributed by atoms with Crippen molar-refractivity contribution in [3.05, 3.63) is 46.5 Å². The van der Waals surface area contributed by atoms with Crippen molar-refractivity contribution in [3.63, 3.8) is 0 Å². The van der Waals surface area contributed by atoms with Crippen LogP contribution in [-0.4, -0.2) is 10.5 Å². The first-order valence-corrected chi connectivity index (χ1v) is 6.80. The Kier molecular flexibility index (Phi) is 6.33. The fraction of sp³-hybridized carbons (Fsp3) is 0.231. The lowest BCUT2D eigenvalue weighted by Gasteiger charge is -2.11. The molecule has 1 amide bonds. The van der Waals surface area contributed by atoms with Crippen LogP contribution in [-0.2, 0) is 24.6 Å². The molecule has 1 aromatic heterocycles. The first-order chi connectivity index (χ1) is 10.2. The lowest BCUT2D eigenvalue weighted by atomic mass is 10.2. The molecule has 0 aliphatic heterocycles. The van der Waals surface area contributed by atoms with E-state index in [1.54, 1.807) is 17.9 Å². The van der Waals surface area contributed by atoms with Crippen molar-refractivity contribution in [2.75, 3.05) is 5.32 Å². The Hall–Kier alpha value is -1.44. The normalized spacial score (nSPS) is 11.0. The van der Waals surface area contributed by atoms with E-state index in [4.69, 9.17) is 23.2 Å². The number of amides is 1. The summed E-state index contributed by atoms with van der Waals surface area (Å²) in [6, 6.07) is 2.74. The van der Waals surface area contributed by atoms with Gasteiger partial charge in [-0.05, 0) is 29.8 Å². The van der Waals surface area contributed by atoms with Crippen LogP contribution in [0.25, 0.3) is 0 Å². The van der Waals surface area contributed by atoms with Crippen molar-refractivity contribution in [3.8, 4) is 0 Å². The minimum Gasteiger partial charge on any atom is -1.00 e. The Morgan fingerprint density at radius 3 is 2.52 bits per heavy atom. The van der Waals surface area contributed by atoms with Crippen LogP contribution in [0.5, 0.6) is 0 Å². The number of hydrogen-bond acceptors (Lipinski definition) is 1. The summed E-state index contributed by atoms with van der Waals surface area (Å²) >= 11 is 11.6. The van der Waals surface area contributed by atoms with E-state index in [-0.39, 0.29) is 29.7 Å². The van der Waals surface area contributed by atoms with Crippen LogP contribution in [0.15, 0.2) is 30.7 Å². The second-order valence-electron chi connectivity index (χ2n) is 4.59. The van der Waals surface area contributed by atoms with E-state index in [9.17, 15) is 18.0 Å². The Morgan fingerprint density at radius 2 is 2.00 bits per heavy atom. The van der Waals surface area contributed by atoms with Crippen molar-refractivity contribution in [1.82, 2.24) is 4.57 Å². The fourth-order valence-corrected chi connectivity index (χ4v) is 2.11. The zero-order valence-electron chi connectivity index (χ0n) is 11.7. The molecular weight excluding hydrogens is 378 g/mol. The molecule has 0 spiro atoms. The van der Waals surface area contributed by atoms with E-state index < -0.39 is 17.6 Å². The molecule has 0 atom stereocenters. The zero-order chi connectivity index (χ0) is 16.5. The SMILES string of the molecule is Cn1c[n+](CC(=O)Nc2cc(C(F)(F)F)ccc2Cl)cc1Cl.[Cl-]. The van der Waals surface area contributed by atoms with Gasteiger partial charge in [-0.2, -0.15) is 13.2 Å². The third kappa shape index (κ3) is 5.02.